The van der Waals surface area contributed by atoms with Crippen LogP contribution in [0.15, 0.2) is 23.3 Å². The minimum Gasteiger partial charge on any atom is -0.461 e. The smallest absolute Gasteiger partial charge is 0.338 e. The fourth-order valence-corrected chi connectivity index (χ4v) is 4.21. The first-order valence-electron chi connectivity index (χ1n) is 10.6. The third-order valence-corrected chi connectivity index (χ3v) is 6.56. The number of carbonyl (C=O) groups excluding carboxylic acids is 3. The van der Waals surface area contributed by atoms with Crippen LogP contribution in [0.2, 0.25) is 0 Å². The molecule has 4 aliphatic rings. The van der Waals surface area contributed by atoms with Gasteiger partial charge in [-0.15, -0.1) is 0 Å². The van der Waals surface area contributed by atoms with Crippen LogP contribution in [-0.2, 0) is 38.1 Å². The molecule has 4 rings (SSSR count). The van der Waals surface area contributed by atoms with E-state index >= 15 is 0 Å². The van der Waals surface area contributed by atoms with Crippen molar-refractivity contribution in [2.45, 2.75) is 76.2 Å². The number of aliphatic hydroxyl groups is 1. The fourth-order valence-electron chi connectivity index (χ4n) is 4.21. The first-order chi connectivity index (χ1) is 14.6. The van der Waals surface area contributed by atoms with Crippen LogP contribution in [0.25, 0.3) is 0 Å². The summed E-state index contributed by atoms with van der Waals surface area (Å²) < 4.78 is 28.2. The summed E-state index contributed by atoms with van der Waals surface area (Å²) in [7, 11) is 0. The van der Waals surface area contributed by atoms with Crippen molar-refractivity contribution in [3.63, 3.8) is 0 Å². The molecular formula is C22H28O9. The van der Waals surface area contributed by atoms with Crippen molar-refractivity contribution >= 4 is 17.9 Å². The molecule has 0 saturated carbocycles. The van der Waals surface area contributed by atoms with Crippen molar-refractivity contribution in [1.82, 2.24) is 0 Å². The average molecular weight is 436 g/mol. The maximum absolute atomic E-state index is 12.7. The zero-order valence-electron chi connectivity index (χ0n) is 18.1. The second-order valence-electron chi connectivity index (χ2n) is 8.82. The Kier molecular flexibility index (Phi) is 5.47. The highest BCUT2D eigenvalue weighted by Gasteiger charge is 2.64. The topological polar surface area (TPSA) is 124 Å². The van der Waals surface area contributed by atoms with Crippen LogP contribution in [0.3, 0.4) is 0 Å². The van der Waals surface area contributed by atoms with E-state index in [4.69, 9.17) is 23.7 Å². The highest BCUT2D eigenvalue weighted by molar-refractivity contribution is 5.93. The zero-order chi connectivity index (χ0) is 22.6. The summed E-state index contributed by atoms with van der Waals surface area (Å²) in [5, 5.41) is 10.0. The quantitative estimate of drug-likeness (QED) is 0.281. The minimum atomic E-state index is -0.940. The molecule has 1 aliphatic carbocycles. The summed E-state index contributed by atoms with van der Waals surface area (Å²) in [6, 6.07) is 0. The van der Waals surface area contributed by atoms with Gasteiger partial charge in [0.1, 0.15) is 36.1 Å². The van der Waals surface area contributed by atoms with Gasteiger partial charge in [-0.25, -0.2) is 4.79 Å². The Morgan fingerprint density at radius 2 is 2.10 bits per heavy atom. The van der Waals surface area contributed by atoms with Gasteiger partial charge < -0.3 is 28.8 Å². The number of carbonyl (C=O) groups is 3. The van der Waals surface area contributed by atoms with E-state index in [1.54, 1.807) is 6.92 Å². The monoisotopic (exact) mass is 436 g/mol. The second-order valence-corrected chi connectivity index (χ2v) is 8.82. The molecule has 170 valence electrons. The SMILES string of the molecule is CC[C@@H](C)C(=O)O[C@H]1C[C@@]2(CO)O[C@@H]2/C=C\[C@@]2(C)O[C@H]2[C@H]2OC(=O)C(COC(C)=O)=C12. The lowest BCUT2D eigenvalue weighted by molar-refractivity contribution is -0.153. The summed E-state index contributed by atoms with van der Waals surface area (Å²) in [6.07, 6.45) is 1.86. The van der Waals surface area contributed by atoms with Crippen LogP contribution in [-0.4, -0.2) is 71.8 Å². The van der Waals surface area contributed by atoms with E-state index in [9.17, 15) is 19.5 Å². The third kappa shape index (κ3) is 3.90. The number of hydrogen-bond acceptors (Lipinski definition) is 9. The number of esters is 3. The molecule has 2 saturated heterocycles. The summed E-state index contributed by atoms with van der Waals surface area (Å²) in [4.78, 5) is 36.8. The van der Waals surface area contributed by atoms with Gasteiger partial charge in [-0.2, -0.15) is 0 Å². The van der Waals surface area contributed by atoms with Gasteiger partial charge in [-0.3, -0.25) is 9.59 Å². The van der Waals surface area contributed by atoms with E-state index < -0.39 is 47.4 Å². The van der Waals surface area contributed by atoms with Crippen LogP contribution >= 0.6 is 0 Å². The van der Waals surface area contributed by atoms with Gasteiger partial charge in [0, 0.05) is 18.9 Å². The first-order valence-corrected chi connectivity index (χ1v) is 10.6. The molecule has 7 atom stereocenters. The average Bonchev–Trinajstić information content (AvgIpc) is 3.57. The number of ether oxygens (including phenoxy) is 5. The molecule has 0 aromatic rings. The third-order valence-electron chi connectivity index (χ3n) is 6.56. The Labute approximate surface area is 180 Å². The zero-order valence-corrected chi connectivity index (χ0v) is 18.1. The van der Waals surface area contributed by atoms with E-state index in [1.165, 1.54) is 6.92 Å². The van der Waals surface area contributed by atoms with Crippen molar-refractivity contribution in [3.05, 3.63) is 23.3 Å². The summed E-state index contributed by atoms with van der Waals surface area (Å²) in [5.41, 5.74) is -1.09. The first kappa shape index (κ1) is 22.0. The molecule has 0 aromatic carbocycles. The normalized spacial score (nSPS) is 40.0. The van der Waals surface area contributed by atoms with Crippen molar-refractivity contribution in [2.24, 2.45) is 5.92 Å². The number of hydrogen-bond donors (Lipinski definition) is 1. The van der Waals surface area contributed by atoms with Crippen LogP contribution in [0.4, 0.5) is 0 Å². The maximum atomic E-state index is 12.7. The standard InChI is InChI=1S/C22H28O9/c1-5-11(2)19(25)28-14-8-22(10-23)15(30-22)6-7-21(4)18(31-21)17-16(14)13(20(26)29-17)9-27-12(3)24/h6-7,11,14-15,17-18,23H,5,8-10H2,1-4H3/b7-6-/t11-,14+,15-,17+,18+,21-,22+/m1/s1. The van der Waals surface area contributed by atoms with E-state index in [0.29, 0.717) is 12.0 Å². The lowest BCUT2D eigenvalue weighted by Crippen LogP contribution is -2.38. The van der Waals surface area contributed by atoms with Crippen LogP contribution in [0, 0.1) is 5.92 Å². The Morgan fingerprint density at radius 1 is 1.35 bits per heavy atom. The lowest BCUT2D eigenvalue weighted by Gasteiger charge is -2.27. The minimum absolute atomic E-state index is 0.134. The van der Waals surface area contributed by atoms with Crippen LogP contribution in [0.5, 0.6) is 0 Å². The number of rotatable bonds is 6. The van der Waals surface area contributed by atoms with Crippen molar-refractivity contribution < 1.29 is 43.2 Å². The second kappa shape index (κ2) is 7.72. The number of aliphatic hydroxyl groups excluding tert-OH is 1. The fraction of sp³-hybridized carbons (Fsp3) is 0.682. The van der Waals surface area contributed by atoms with Gasteiger partial charge in [-0.05, 0) is 13.3 Å². The van der Waals surface area contributed by atoms with Gasteiger partial charge in [0.2, 0.25) is 0 Å². The predicted molar refractivity (Wildman–Crippen MR) is 105 cm³/mol. The van der Waals surface area contributed by atoms with Crippen LogP contribution < -0.4 is 0 Å². The van der Waals surface area contributed by atoms with Gasteiger partial charge in [0.05, 0.1) is 18.1 Å². The van der Waals surface area contributed by atoms with Gasteiger partial charge >= 0.3 is 17.9 Å². The molecule has 0 aromatic heterocycles. The summed E-state index contributed by atoms with van der Waals surface area (Å²) in [5.74, 6) is -1.97. The summed E-state index contributed by atoms with van der Waals surface area (Å²) >= 11 is 0. The molecule has 9 heteroatoms. The molecular weight excluding hydrogens is 408 g/mol. The predicted octanol–water partition coefficient (Wildman–Crippen LogP) is 0.977. The van der Waals surface area contributed by atoms with Gasteiger partial charge in [0.25, 0.3) is 0 Å². The molecule has 0 amide bonds. The molecule has 3 aliphatic heterocycles. The molecule has 0 radical (unpaired) electrons. The maximum Gasteiger partial charge on any atom is 0.338 e. The Bertz CT molecular complexity index is 861. The largest absolute Gasteiger partial charge is 0.461 e. The molecule has 31 heavy (non-hydrogen) atoms. The number of fused-ring (bicyclic) bond motifs is 4. The van der Waals surface area contributed by atoms with E-state index in [2.05, 4.69) is 0 Å². The molecule has 1 N–H and O–H groups in total. The Hall–Kier alpha value is -2.23. The molecule has 9 nitrogen and oxygen atoms in total. The molecule has 2 fully saturated rings. The highest BCUT2D eigenvalue weighted by Crippen LogP contribution is 2.51. The Balaban J connectivity index is 1.77. The van der Waals surface area contributed by atoms with Crippen molar-refractivity contribution in [2.75, 3.05) is 13.2 Å². The van der Waals surface area contributed by atoms with Gasteiger partial charge in [-0.1, -0.05) is 26.0 Å². The van der Waals surface area contributed by atoms with E-state index in [1.807, 2.05) is 26.0 Å². The summed E-state index contributed by atoms with van der Waals surface area (Å²) in [6.45, 7) is 6.14. The van der Waals surface area contributed by atoms with E-state index in [0.717, 1.165) is 0 Å². The molecule has 0 bridgehead atoms. The molecule has 0 spiro atoms. The molecule has 3 heterocycles. The van der Waals surface area contributed by atoms with Crippen LogP contribution in [0.1, 0.15) is 40.5 Å². The van der Waals surface area contributed by atoms with E-state index in [-0.39, 0.29) is 37.2 Å². The Morgan fingerprint density at radius 3 is 2.74 bits per heavy atom. The van der Waals surface area contributed by atoms with Crippen molar-refractivity contribution in [3.8, 4) is 0 Å². The highest BCUT2D eigenvalue weighted by atomic mass is 16.7. The lowest BCUT2D eigenvalue weighted by atomic mass is 9.85. The molecule has 0 unspecified atom stereocenters. The van der Waals surface area contributed by atoms with Gasteiger partial charge in [0.15, 0.2) is 6.10 Å². The van der Waals surface area contributed by atoms with Crippen molar-refractivity contribution in [1.29, 1.82) is 0 Å². The number of epoxide rings is 2.